The van der Waals surface area contributed by atoms with Gasteiger partial charge in [0, 0.05) is 17.8 Å². The molecule has 0 aromatic carbocycles. The summed E-state index contributed by atoms with van der Waals surface area (Å²) in [6.07, 6.45) is 11.0. The first kappa shape index (κ1) is 13.3. The molecular weight excluding hydrogens is 276 g/mol. The molecule has 4 saturated carbocycles. The smallest absolute Gasteiger partial charge is 0.310 e. The summed E-state index contributed by atoms with van der Waals surface area (Å²) in [6.45, 7) is 2.16. The molecule has 3 nitrogen and oxygen atoms in total. The molecule has 118 valence electrons. The predicted molar refractivity (Wildman–Crippen MR) is 80.8 cm³/mol. The molecule has 8 unspecified atom stereocenters. The second kappa shape index (κ2) is 4.24. The van der Waals surface area contributed by atoms with Crippen molar-refractivity contribution in [3.05, 3.63) is 12.2 Å². The Morgan fingerprint density at radius 1 is 1.23 bits per heavy atom. The van der Waals surface area contributed by atoms with E-state index in [2.05, 4.69) is 6.92 Å². The van der Waals surface area contributed by atoms with Crippen LogP contribution in [-0.4, -0.2) is 17.4 Å². The van der Waals surface area contributed by atoms with Gasteiger partial charge in [-0.3, -0.25) is 9.59 Å². The van der Waals surface area contributed by atoms with Crippen LogP contribution in [0.4, 0.5) is 0 Å². The lowest BCUT2D eigenvalue weighted by molar-refractivity contribution is -0.173. The molecule has 0 spiro atoms. The van der Waals surface area contributed by atoms with Crippen LogP contribution in [-0.2, 0) is 14.3 Å². The van der Waals surface area contributed by atoms with Gasteiger partial charge in [0.2, 0.25) is 0 Å². The van der Waals surface area contributed by atoms with Gasteiger partial charge < -0.3 is 4.74 Å². The summed E-state index contributed by atoms with van der Waals surface area (Å²) in [5.74, 6) is 2.74. The van der Waals surface area contributed by atoms with Crippen LogP contribution in [0, 0.1) is 41.4 Å². The number of ether oxygens (including phenoxy) is 1. The van der Waals surface area contributed by atoms with Crippen molar-refractivity contribution < 1.29 is 14.3 Å². The van der Waals surface area contributed by atoms with Gasteiger partial charge in [-0.15, -0.1) is 0 Å². The fourth-order valence-corrected chi connectivity index (χ4v) is 6.69. The fourth-order valence-electron chi connectivity index (χ4n) is 6.69. The number of allylic oxidation sites excluding steroid dienone is 2. The minimum absolute atomic E-state index is 0.0189. The van der Waals surface area contributed by atoms with Gasteiger partial charge in [-0.05, 0) is 56.8 Å². The number of fused-ring (bicyclic) bond motifs is 7. The van der Waals surface area contributed by atoms with E-state index in [1.54, 1.807) is 0 Å². The van der Waals surface area contributed by atoms with Crippen LogP contribution in [0.5, 0.6) is 0 Å². The summed E-state index contributed by atoms with van der Waals surface area (Å²) < 4.78 is 6.10. The van der Waals surface area contributed by atoms with E-state index in [-0.39, 0.29) is 35.1 Å². The van der Waals surface area contributed by atoms with Crippen LogP contribution in [0.1, 0.15) is 45.4 Å². The average molecular weight is 300 g/mol. The zero-order chi connectivity index (χ0) is 15.1. The quantitative estimate of drug-likeness (QED) is 0.581. The van der Waals surface area contributed by atoms with Gasteiger partial charge in [-0.1, -0.05) is 18.6 Å². The Balaban J connectivity index is 1.33. The van der Waals surface area contributed by atoms with Gasteiger partial charge in [0.15, 0.2) is 0 Å². The molecule has 0 aromatic rings. The summed E-state index contributed by atoms with van der Waals surface area (Å²) in [5.41, 5.74) is -0.262. The van der Waals surface area contributed by atoms with Gasteiger partial charge >= 0.3 is 5.97 Å². The molecule has 5 rings (SSSR count). The Morgan fingerprint density at radius 3 is 2.77 bits per heavy atom. The van der Waals surface area contributed by atoms with E-state index in [1.807, 2.05) is 12.2 Å². The van der Waals surface area contributed by atoms with Crippen LogP contribution < -0.4 is 0 Å². The first-order chi connectivity index (χ1) is 10.6. The first-order valence-corrected chi connectivity index (χ1v) is 9.02. The van der Waals surface area contributed by atoms with Gasteiger partial charge in [0.25, 0.3) is 0 Å². The van der Waals surface area contributed by atoms with Crippen LogP contribution in [0.2, 0.25) is 0 Å². The van der Waals surface area contributed by atoms with Crippen LogP contribution >= 0.6 is 0 Å². The third kappa shape index (κ3) is 1.58. The molecule has 8 atom stereocenters. The lowest BCUT2D eigenvalue weighted by Gasteiger charge is -2.40. The fraction of sp³-hybridized carbons (Fsp3) is 0.789. The van der Waals surface area contributed by atoms with Crippen molar-refractivity contribution in [3.63, 3.8) is 0 Å². The zero-order valence-electron chi connectivity index (χ0n) is 13.2. The van der Waals surface area contributed by atoms with Crippen molar-refractivity contribution in [2.75, 3.05) is 0 Å². The Hall–Kier alpha value is -1.12. The molecule has 0 aromatic heterocycles. The number of esters is 1. The third-order valence-electron chi connectivity index (χ3n) is 7.58. The molecule has 0 radical (unpaired) electrons. The minimum atomic E-state index is -0.262. The third-order valence-corrected chi connectivity index (χ3v) is 7.58. The summed E-state index contributed by atoms with van der Waals surface area (Å²) in [4.78, 5) is 24.7. The molecule has 0 aliphatic heterocycles. The maximum atomic E-state index is 12.7. The monoisotopic (exact) mass is 300 g/mol. The highest BCUT2D eigenvalue weighted by atomic mass is 16.6. The van der Waals surface area contributed by atoms with Crippen molar-refractivity contribution in [2.24, 2.45) is 41.4 Å². The standard InChI is InChI=1S/C19H24O3/c1-19(9-11-8-16(19)13-4-2-3-12(11)13)22-18(21)15-7-10-5-6-14(15)17(10)20/h5-6,10-16H,2-4,7-9H2,1H3. The van der Waals surface area contributed by atoms with E-state index >= 15 is 0 Å². The average Bonchev–Trinajstić information content (AvgIpc) is 3.24. The van der Waals surface area contributed by atoms with Crippen LogP contribution in [0.3, 0.4) is 0 Å². The van der Waals surface area contributed by atoms with Crippen molar-refractivity contribution in [2.45, 2.75) is 51.0 Å². The van der Waals surface area contributed by atoms with Crippen molar-refractivity contribution >= 4 is 11.8 Å². The Labute approximate surface area is 131 Å². The maximum Gasteiger partial charge on any atom is 0.310 e. The van der Waals surface area contributed by atoms with E-state index in [1.165, 1.54) is 25.7 Å². The number of carbonyl (C=O) groups excluding carboxylic acids is 2. The van der Waals surface area contributed by atoms with Gasteiger partial charge in [-0.2, -0.15) is 0 Å². The molecule has 0 heterocycles. The molecule has 5 aliphatic rings. The van der Waals surface area contributed by atoms with Gasteiger partial charge in [0.1, 0.15) is 11.4 Å². The van der Waals surface area contributed by atoms with Gasteiger partial charge in [0.05, 0.1) is 5.92 Å². The number of rotatable bonds is 2. The number of carbonyl (C=O) groups is 2. The van der Waals surface area contributed by atoms with E-state index in [0.717, 1.165) is 24.2 Å². The predicted octanol–water partition coefficient (Wildman–Crippen LogP) is 3.14. The van der Waals surface area contributed by atoms with Crippen molar-refractivity contribution in [1.82, 2.24) is 0 Å². The summed E-state index contributed by atoms with van der Waals surface area (Å²) in [7, 11) is 0. The molecule has 4 bridgehead atoms. The van der Waals surface area contributed by atoms with Crippen LogP contribution in [0.25, 0.3) is 0 Å². The number of Topliss-reactive ketones (excluding diaryl/α,β-unsaturated/α-hetero) is 1. The van der Waals surface area contributed by atoms with E-state index in [9.17, 15) is 9.59 Å². The highest BCUT2D eigenvalue weighted by molar-refractivity contribution is 5.96. The van der Waals surface area contributed by atoms with Gasteiger partial charge in [-0.25, -0.2) is 0 Å². The van der Waals surface area contributed by atoms with Crippen molar-refractivity contribution in [3.8, 4) is 0 Å². The molecule has 4 fully saturated rings. The second-order valence-electron chi connectivity index (χ2n) is 8.56. The molecule has 3 heteroatoms. The summed E-state index contributed by atoms with van der Waals surface area (Å²) in [5, 5.41) is 0. The zero-order valence-corrected chi connectivity index (χ0v) is 13.2. The lowest BCUT2D eigenvalue weighted by atomic mass is 9.73. The van der Waals surface area contributed by atoms with E-state index < -0.39 is 0 Å². The number of hydrogen-bond donors (Lipinski definition) is 0. The molecule has 22 heavy (non-hydrogen) atoms. The number of hydrogen-bond acceptors (Lipinski definition) is 3. The SMILES string of the molecule is CC1(OC(=O)C2CC3C=CC2C3=O)CC2CC1C1CCCC21. The number of ketones is 1. The second-order valence-corrected chi connectivity index (χ2v) is 8.56. The Bertz CT molecular complexity index is 579. The topological polar surface area (TPSA) is 43.4 Å². The van der Waals surface area contributed by atoms with E-state index in [4.69, 9.17) is 4.74 Å². The largest absolute Gasteiger partial charge is 0.459 e. The highest BCUT2D eigenvalue weighted by Gasteiger charge is 2.61. The minimum Gasteiger partial charge on any atom is -0.459 e. The normalized spacial score (nSPS) is 54.2. The Morgan fingerprint density at radius 2 is 2.05 bits per heavy atom. The first-order valence-electron chi connectivity index (χ1n) is 9.02. The summed E-state index contributed by atoms with van der Waals surface area (Å²) >= 11 is 0. The lowest BCUT2D eigenvalue weighted by Crippen LogP contribution is -2.44. The summed E-state index contributed by atoms with van der Waals surface area (Å²) in [6, 6.07) is 0. The highest BCUT2D eigenvalue weighted by Crippen LogP contribution is 2.63. The van der Waals surface area contributed by atoms with Crippen LogP contribution in [0.15, 0.2) is 12.2 Å². The molecule has 0 amide bonds. The Kier molecular flexibility index (Phi) is 2.57. The van der Waals surface area contributed by atoms with E-state index in [0.29, 0.717) is 12.3 Å². The molecule has 0 N–H and O–H groups in total. The molecule has 0 saturated heterocycles. The van der Waals surface area contributed by atoms with Crippen molar-refractivity contribution in [1.29, 1.82) is 0 Å². The molecule has 5 aliphatic carbocycles. The molecular formula is C19H24O3. The maximum absolute atomic E-state index is 12.7.